The lowest BCUT2D eigenvalue weighted by Crippen LogP contribution is -2.24. The first-order valence-corrected chi connectivity index (χ1v) is 10.5. The largest absolute Gasteiger partial charge is 0.351 e. The summed E-state index contributed by atoms with van der Waals surface area (Å²) in [6.45, 7) is 0.709. The smallest absolute Gasteiger partial charge is 0.261 e. The highest BCUT2D eigenvalue weighted by molar-refractivity contribution is 7.12. The van der Waals surface area contributed by atoms with E-state index < -0.39 is 0 Å². The monoisotopic (exact) mass is 389 g/mol. The summed E-state index contributed by atoms with van der Waals surface area (Å²) >= 11 is 1.51. The number of carbonyl (C=O) groups is 1. The highest BCUT2D eigenvalue weighted by Gasteiger charge is 2.14. The van der Waals surface area contributed by atoms with E-state index in [1.807, 2.05) is 42.0 Å². The quantitative estimate of drug-likeness (QED) is 0.418. The van der Waals surface area contributed by atoms with Gasteiger partial charge < -0.3 is 10.3 Å². The molecular formula is C23H23N3OS. The number of rotatable bonds is 8. The molecule has 0 saturated carbocycles. The van der Waals surface area contributed by atoms with Crippen LogP contribution in [-0.4, -0.2) is 22.4 Å². The lowest BCUT2D eigenvalue weighted by atomic mass is 10.0. The predicted octanol–water partition coefficient (Wildman–Crippen LogP) is 4.97. The molecule has 0 atom stereocenters. The predicted molar refractivity (Wildman–Crippen MR) is 115 cm³/mol. The van der Waals surface area contributed by atoms with Gasteiger partial charge in [-0.1, -0.05) is 30.3 Å². The zero-order chi connectivity index (χ0) is 19.2. The zero-order valence-electron chi connectivity index (χ0n) is 15.7. The summed E-state index contributed by atoms with van der Waals surface area (Å²) in [5.41, 5.74) is 4.49. The van der Waals surface area contributed by atoms with Crippen LogP contribution in [0.15, 0.2) is 66.3 Å². The van der Waals surface area contributed by atoms with Gasteiger partial charge in [-0.25, -0.2) is 4.98 Å². The Balaban J connectivity index is 1.32. The molecule has 1 aromatic carbocycles. The van der Waals surface area contributed by atoms with Crippen molar-refractivity contribution in [1.82, 2.24) is 15.3 Å². The number of unbranched alkanes of at least 4 members (excludes halogenated alkanes) is 1. The summed E-state index contributed by atoms with van der Waals surface area (Å²) in [6.07, 6.45) is 7.55. The summed E-state index contributed by atoms with van der Waals surface area (Å²) in [5, 5.41) is 6.19. The number of H-pyrrole nitrogens is 1. The Kier molecular flexibility index (Phi) is 5.83. The number of benzene rings is 1. The second-order valence-electron chi connectivity index (χ2n) is 6.86. The van der Waals surface area contributed by atoms with E-state index in [2.05, 4.69) is 39.6 Å². The van der Waals surface area contributed by atoms with Gasteiger partial charge >= 0.3 is 0 Å². The van der Waals surface area contributed by atoms with Crippen molar-refractivity contribution in [1.29, 1.82) is 0 Å². The van der Waals surface area contributed by atoms with Gasteiger partial charge in [0.25, 0.3) is 5.91 Å². The first-order chi connectivity index (χ1) is 13.8. The molecular weight excluding hydrogens is 366 g/mol. The van der Waals surface area contributed by atoms with Gasteiger partial charge in [0, 0.05) is 24.3 Å². The molecule has 0 saturated heterocycles. The topological polar surface area (TPSA) is 57.8 Å². The molecule has 0 spiro atoms. The maximum absolute atomic E-state index is 12.6. The van der Waals surface area contributed by atoms with Crippen molar-refractivity contribution in [2.24, 2.45) is 0 Å². The van der Waals surface area contributed by atoms with E-state index in [1.165, 1.54) is 22.5 Å². The normalized spacial score (nSPS) is 11.0. The molecule has 5 heteroatoms. The summed E-state index contributed by atoms with van der Waals surface area (Å²) < 4.78 is 0. The van der Waals surface area contributed by atoms with E-state index in [4.69, 9.17) is 0 Å². The van der Waals surface area contributed by atoms with Crippen molar-refractivity contribution in [3.63, 3.8) is 0 Å². The fourth-order valence-electron chi connectivity index (χ4n) is 3.43. The Morgan fingerprint density at radius 1 is 1.04 bits per heavy atom. The molecule has 4 aromatic rings. The minimum atomic E-state index is 0.0316. The van der Waals surface area contributed by atoms with Crippen LogP contribution in [0.5, 0.6) is 0 Å². The van der Waals surface area contributed by atoms with Crippen molar-refractivity contribution in [2.45, 2.75) is 25.7 Å². The Labute approximate surface area is 168 Å². The molecule has 3 heterocycles. The van der Waals surface area contributed by atoms with Gasteiger partial charge in [-0.2, -0.15) is 0 Å². The number of thiophene rings is 1. The van der Waals surface area contributed by atoms with Crippen LogP contribution in [0.25, 0.3) is 11.0 Å². The third-order valence-electron chi connectivity index (χ3n) is 4.90. The fourth-order valence-corrected chi connectivity index (χ4v) is 4.27. The van der Waals surface area contributed by atoms with Crippen LogP contribution in [0.3, 0.4) is 0 Å². The first-order valence-electron chi connectivity index (χ1n) is 9.61. The van der Waals surface area contributed by atoms with Crippen molar-refractivity contribution in [3.05, 3.63) is 87.9 Å². The van der Waals surface area contributed by atoms with Crippen LogP contribution >= 0.6 is 11.3 Å². The Morgan fingerprint density at radius 2 is 1.93 bits per heavy atom. The van der Waals surface area contributed by atoms with E-state index in [-0.39, 0.29) is 5.91 Å². The minimum Gasteiger partial charge on any atom is -0.351 e. The standard InChI is InChI=1S/C23H23N3OS/c27-23(26-12-5-4-8-17-6-2-1-3-7-17)21-19(11-15-28-21)16-18-9-13-24-22-20(18)10-14-25-22/h1-3,6-7,9-11,13-15H,4-5,8,12,16H2,(H,24,25)(H,26,27). The molecule has 0 aliphatic rings. The molecule has 2 N–H and O–H groups in total. The van der Waals surface area contributed by atoms with E-state index in [0.29, 0.717) is 6.54 Å². The van der Waals surface area contributed by atoms with E-state index >= 15 is 0 Å². The second-order valence-corrected chi connectivity index (χ2v) is 7.78. The molecule has 28 heavy (non-hydrogen) atoms. The highest BCUT2D eigenvalue weighted by Crippen LogP contribution is 2.24. The maximum atomic E-state index is 12.6. The van der Waals surface area contributed by atoms with Crippen LogP contribution in [0.1, 0.15) is 39.2 Å². The van der Waals surface area contributed by atoms with Gasteiger partial charge in [-0.3, -0.25) is 4.79 Å². The van der Waals surface area contributed by atoms with Crippen molar-refractivity contribution >= 4 is 28.3 Å². The van der Waals surface area contributed by atoms with Crippen LogP contribution in [0, 0.1) is 0 Å². The molecule has 4 nitrogen and oxygen atoms in total. The first kappa shape index (κ1) is 18.4. The van der Waals surface area contributed by atoms with E-state index in [1.54, 1.807) is 0 Å². The van der Waals surface area contributed by atoms with Crippen LogP contribution < -0.4 is 5.32 Å². The lowest BCUT2D eigenvalue weighted by molar-refractivity contribution is 0.0956. The van der Waals surface area contributed by atoms with Gasteiger partial charge in [-0.05, 0) is 66.0 Å². The summed E-state index contributed by atoms with van der Waals surface area (Å²) in [4.78, 5) is 20.9. The van der Waals surface area contributed by atoms with Gasteiger partial charge in [0.1, 0.15) is 5.65 Å². The van der Waals surface area contributed by atoms with Gasteiger partial charge in [0.15, 0.2) is 0 Å². The molecule has 0 aliphatic heterocycles. The highest BCUT2D eigenvalue weighted by atomic mass is 32.1. The number of nitrogens with zero attached hydrogens (tertiary/aromatic N) is 1. The molecule has 3 aromatic heterocycles. The number of carbonyl (C=O) groups excluding carboxylic acids is 1. The number of aromatic nitrogens is 2. The third-order valence-corrected chi connectivity index (χ3v) is 5.86. The molecule has 0 fully saturated rings. The average Bonchev–Trinajstić information content (AvgIpc) is 3.38. The molecule has 0 aliphatic carbocycles. The summed E-state index contributed by atoms with van der Waals surface area (Å²) in [6, 6.07) is 16.6. The molecule has 0 radical (unpaired) electrons. The number of hydrogen-bond donors (Lipinski definition) is 2. The zero-order valence-corrected chi connectivity index (χ0v) is 16.5. The lowest BCUT2D eigenvalue weighted by Gasteiger charge is -2.07. The fraction of sp³-hybridized carbons (Fsp3) is 0.217. The average molecular weight is 390 g/mol. The number of aromatic amines is 1. The number of aryl methyl sites for hydroxylation is 1. The van der Waals surface area contributed by atoms with Gasteiger partial charge in [0.05, 0.1) is 4.88 Å². The third kappa shape index (κ3) is 4.31. The van der Waals surface area contributed by atoms with Crippen LogP contribution in [0.4, 0.5) is 0 Å². The molecule has 0 bridgehead atoms. The molecule has 0 unspecified atom stereocenters. The number of fused-ring (bicyclic) bond motifs is 1. The van der Waals surface area contributed by atoms with Gasteiger partial charge in [-0.15, -0.1) is 11.3 Å². The van der Waals surface area contributed by atoms with Crippen LogP contribution in [0.2, 0.25) is 0 Å². The van der Waals surface area contributed by atoms with E-state index in [9.17, 15) is 4.79 Å². The summed E-state index contributed by atoms with van der Waals surface area (Å²) in [5.74, 6) is 0.0316. The van der Waals surface area contributed by atoms with Crippen LogP contribution in [-0.2, 0) is 12.8 Å². The molecule has 4 rings (SSSR count). The Hall–Kier alpha value is -2.92. The van der Waals surface area contributed by atoms with Crippen molar-refractivity contribution in [2.75, 3.05) is 6.54 Å². The molecule has 1 amide bonds. The Bertz CT molecular complexity index is 1050. The van der Waals surface area contributed by atoms with Crippen molar-refractivity contribution in [3.8, 4) is 0 Å². The molecule has 142 valence electrons. The maximum Gasteiger partial charge on any atom is 0.261 e. The SMILES string of the molecule is O=C(NCCCCc1ccccc1)c1sccc1Cc1ccnc2[nH]ccc12. The van der Waals surface area contributed by atoms with Gasteiger partial charge in [0.2, 0.25) is 0 Å². The number of hydrogen-bond acceptors (Lipinski definition) is 3. The summed E-state index contributed by atoms with van der Waals surface area (Å²) in [7, 11) is 0. The number of nitrogens with one attached hydrogen (secondary N) is 2. The number of amides is 1. The Morgan fingerprint density at radius 3 is 2.82 bits per heavy atom. The van der Waals surface area contributed by atoms with E-state index in [0.717, 1.165) is 47.2 Å². The second kappa shape index (κ2) is 8.85. The minimum absolute atomic E-state index is 0.0316. The number of pyridine rings is 1. The van der Waals surface area contributed by atoms with Crippen molar-refractivity contribution < 1.29 is 4.79 Å².